The Labute approximate surface area is 195 Å². The van der Waals surface area contributed by atoms with Gasteiger partial charge in [-0.25, -0.2) is 4.98 Å². The molecule has 2 fully saturated rings. The monoisotopic (exact) mass is 450 g/mol. The van der Waals surface area contributed by atoms with Crippen LogP contribution in [0, 0.1) is 5.92 Å². The number of aromatic nitrogens is 2. The largest absolute Gasteiger partial charge is 0.495 e. The van der Waals surface area contributed by atoms with Gasteiger partial charge in [0.05, 0.1) is 12.8 Å². The van der Waals surface area contributed by atoms with Crippen LogP contribution in [0.15, 0.2) is 18.3 Å². The molecule has 5 rings (SSSR count). The third-order valence-electron chi connectivity index (χ3n) is 6.91. The first-order valence-electron chi connectivity index (χ1n) is 12.3. The summed E-state index contributed by atoms with van der Waals surface area (Å²) in [5.74, 6) is 3.25. The van der Waals surface area contributed by atoms with Crippen LogP contribution in [0.2, 0.25) is 0 Å². The van der Waals surface area contributed by atoms with Crippen molar-refractivity contribution in [2.75, 3.05) is 37.4 Å². The van der Waals surface area contributed by atoms with E-state index in [1.165, 1.54) is 36.0 Å². The van der Waals surface area contributed by atoms with E-state index in [0.29, 0.717) is 18.4 Å². The van der Waals surface area contributed by atoms with Gasteiger partial charge < -0.3 is 26.0 Å². The SMILES string of the molecule is COc1cc2c(cc1Nc1ncc(C3CC3)c(NCCCNC(=O)C3CCC3)n1)CNCC2. The molecule has 2 saturated carbocycles. The van der Waals surface area contributed by atoms with Crippen molar-refractivity contribution < 1.29 is 9.53 Å². The van der Waals surface area contributed by atoms with Gasteiger partial charge in [0.25, 0.3) is 0 Å². The van der Waals surface area contributed by atoms with E-state index in [0.717, 1.165) is 62.6 Å². The molecular formula is C25H34N6O2. The fourth-order valence-electron chi connectivity index (χ4n) is 4.50. The lowest BCUT2D eigenvalue weighted by molar-refractivity contribution is -0.127. The molecule has 2 aliphatic carbocycles. The molecule has 0 saturated heterocycles. The van der Waals surface area contributed by atoms with Gasteiger partial charge in [-0.2, -0.15) is 4.98 Å². The summed E-state index contributed by atoms with van der Waals surface area (Å²) >= 11 is 0. The maximum atomic E-state index is 12.0. The van der Waals surface area contributed by atoms with Crippen molar-refractivity contribution >= 4 is 23.4 Å². The predicted molar refractivity (Wildman–Crippen MR) is 129 cm³/mol. The minimum Gasteiger partial charge on any atom is -0.495 e. The summed E-state index contributed by atoms with van der Waals surface area (Å²) in [5, 5.41) is 13.3. The Hall–Kier alpha value is -2.87. The van der Waals surface area contributed by atoms with Gasteiger partial charge in [-0.05, 0) is 74.2 Å². The molecule has 1 aliphatic heterocycles. The quantitative estimate of drug-likeness (QED) is 0.411. The lowest BCUT2D eigenvalue weighted by Gasteiger charge is -2.24. The minimum absolute atomic E-state index is 0.211. The molecule has 8 nitrogen and oxygen atoms in total. The second-order valence-electron chi connectivity index (χ2n) is 9.34. The minimum atomic E-state index is 0.211. The second kappa shape index (κ2) is 9.95. The van der Waals surface area contributed by atoms with Crippen LogP contribution in [-0.4, -0.2) is 42.6 Å². The lowest BCUT2D eigenvalue weighted by atomic mass is 9.85. The van der Waals surface area contributed by atoms with Crippen molar-refractivity contribution in [1.82, 2.24) is 20.6 Å². The Balaban J connectivity index is 1.23. The average Bonchev–Trinajstić information content (AvgIpc) is 3.63. The highest BCUT2D eigenvalue weighted by Gasteiger charge is 2.28. The number of nitrogens with one attached hydrogen (secondary N) is 4. The first-order chi connectivity index (χ1) is 16.2. The number of ether oxygens (including phenoxy) is 1. The molecule has 4 N–H and O–H groups in total. The van der Waals surface area contributed by atoms with Crippen LogP contribution in [-0.2, 0) is 17.8 Å². The summed E-state index contributed by atoms with van der Waals surface area (Å²) in [6, 6.07) is 4.25. The number of anilines is 3. The van der Waals surface area contributed by atoms with E-state index in [-0.39, 0.29) is 11.8 Å². The number of amides is 1. The first kappa shape index (κ1) is 21.9. The Morgan fingerprint density at radius 2 is 2.06 bits per heavy atom. The molecule has 3 aliphatic rings. The Morgan fingerprint density at radius 3 is 2.82 bits per heavy atom. The summed E-state index contributed by atoms with van der Waals surface area (Å²) < 4.78 is 5.64. The highest BCUT2D eigenvalue weighted by Crippen LogP contribution is 2.43. The predicted octanol–water partition coefficient (Wildman–Crippen LogP) is 3.47. The average molecular weight is 451 g/mol. The second-order valence-corrected chi connectivity index (χ2v) is 9.34. The Morgan fingerprint density at radius 1 is 1.18 bits per heavy atom. The van der Waals surface area contributed by atoms with Crippen molar-refractivity contribution in [2.45, 2.75) is 57.4 Å². The number of methoxy groups -OCH3 is 1. The standard InChI is InChI=1S/C25H34N6O2/c1-33-22-13-18-8-11-26-14-19(18)12-21(22)30-25-29-15-20(16-6-7-16)23(31-25)27-9-3-10-28-24(32)17-4-2-5-17/h12-13,15-17,26H,2-11,14H2,1H3,(H,28,32)(H2,27,29,30,31). The van der Waals surface area contributed by atoms with E-state index in [2.05, 4.69) is 38.4 Å². The Bertz CT molecular complexity index is 1000. The summed E-state index contributed by atoms with van der Waals surface area (Å²) in [4.78, 5) is 21.4. The maximum Gasteiger partial charge on any atom is 0.229 e. The van der Waals surface area contributed by atoms with E-state index in [1.54, 1.807) is 7.11 Å². The number of benzene rings is 1. The fourth-order valence-corrected chi connectivity index (χ4v) is 4.50. The van der Waals surface area contributed by atoms with Crippen LogP contribution in [0.25, 0.3) is 0 Å². The van der Waals surface area contributed by atoms with E-state index < -0.39 is 0 Å². The molecule has 176 valence electrons. The number of carbonyl (C=O) groups is 1. The third kappa shape index (κ3) is 5.21. The van der Waals surface area contributed by atoms with Crippen LogP contribution < -0.4 is 26.0 Å². The number of hydrogen-bond donors (Lipinski definition) is 4. The van der Waals surface area contributed by atoms with Gasteiger partial charge in [0, 0.05) is 37.3 Å². The number of rotatable bonds is 10. The van der Waals surface area contributed by atoms with E-state index in [4.69, 9.17) is 9.72 Å². The molecule has 0 bridgehead atoms. The molecule has 8 heteroatoms. The first-order valence-corrected chi connectivity index (χ1v) is 12.3. The molecule has 2 heterocycles. The summed E-state index contributed by atoms with van der Waals surface area (Å²) in [5.41, 5.74) is 4.67. The van der Waals surface area contributed by atoms with Crippen LogP contribution in [0.4, 0.5) is 17.5 Å². The van der Waals surface area contributed by atoms with Gasteiger partial charge in [0.2, 0.25) is 11.9 Å². The summed E-state index contributed by atoms with van der Waals surface area (Å²) in [6.45, 7) is 3.31. The molecule has 2 aromatic rings. The van der Waals surface area contributed by atoms with Gasteiger partial charge in [-0.1, -0.05) is 6.42 Å². The van der Waals surface area contributed by atoms with Crippen LogP contribution in [0.5, 0.6) is 5.75 Å². The molecule has 1 amide bonds. The number of nitrogens with zero attached hydrogens (tertiary/aromatic N) is 2. The number of carbonyl (C=O) groups excluding carboxylic acids is 1. The van der Waals surface area contributed by atoms with Crippen LogP contribution >= 0.6 is 0 Å². The number of fused-ring (bicyclic) bond motifs is 1. The molecule has 33 heavy (non-hydrogen) atoms. The van der Waals surface area contributed by atoms with Crippen molar-refractivity contribution in [3.8, 4) is 5.75 Å². The van der Waals surface area contributed by atoms with E-state index in [9.17, 15) is 4.79 Å². The van der Waals surface area contributed by atoms with E-state index in [1.807, 2.05) is 6.20 Å². The summed E-state index contributed by atoms with van der Waals surface area (Å²) in [7, 11) is 1.70. The molecule has 1 aromatic carbocycles. The fraction of sp³-hybridized carbons (Fsp3) is 0.560. The summed E-state index contributed by atoms with van der Waals surface area (Å²) in [6.07, 6.45) is 9.45. The van der Waals surface area contributed by atoms with Gasteiger partial charge in [0.1, 0.15) is 11.6 Å². The van der Waals surface area contributed by atoms with E-state index >= 15 is 0 Å². The van der Waals surface area contributed by atoms with Gasteiger partial charge >= 0.3 is 0 Å². The van der Waals surface area contributed by atoms with Gasteiger partial charge in [-0.3, -0.25) is 4.79 Å². The topological polar surface area (TPSA) is 100 Å². The zero-order valence-electron chi connectivity index (χ0n) is 19.4. The number of hydrogen-bond acceptors (Lipinski definition) is 7. The maximum absolute atomic E-state index is 12.0. The van der Waals surface area contributed by atoms with Crippen molar-refractivity contribution in [3.63, 3.8) is 0 Å². The normalized spacial score (nSPS) is 17.6. The van der Waals surface area contributed by atoms with Gasteiger partial charge in [-0.15, -0.1) is 0 Å². The molecular weight excluding hydrogens is 416 g/mol. The highest BCUT2D eigenvalue weighted by atomic mass is 16.5. The smallest absolute Gasteiger partial charge is 0.229 e. The molecule has 0 atom stereocenters. The van der Waals surface area contributed by atoms with Crippen molar-refractivity contribution in [1.29, 1.82) is 0 Å². The molecule has 0 radical (unpaired) electrons. The Kier molecular flexibility index (Phi) is 6.62. The van der Waals surface area contributed by atoms with Crippen LogP contribution in [0.1, 0.15) is 61.1 Å². The zero-order valence-corrected chi connectivity index (χ0v) is 19.4. The zero-order chi connectivity index (χ0) is 22.6. The molecule has 1 aromatic heterocycles. The van der Waals surface area contributed by atoms with Crippen molar-refractivity contribution in [2.24, 2.45) is 5.92 Å². The van der Waals surface area contributed by atoms with Crippen molar-refractivity contribution in [3.05, 3.63) is 35.0 Å². The highest BCUT2D eigenvalue weighted by molar-refractivity contribution is 5.79. The molecule has 0 unspecified atom stereocenters. The molecule has 0 spiro atoms. The lowest BCUT2D eigenvalue weighted by Crippen LogP contribution is -2.35. The third-order valence-corrected chi connectivity index (χ3v) is 6.91. The van der Waals surface area contributed by atoms with Gasteiger partial charge in [0.15, 0.2) is 0 Å². The van der Waals surface area contributed by atoms with Crippen LogP contribution in [0.3, 0.4) is 0 Å².